The lowest BCUT2D eigenvalue weighted by atomic mass is 10.1. The number of H-pyrrole nitrogens is 1. The van der Waals surface area contributed by atoms with Crippen LogP contribution >= 0.6 is 0 Å². The van der Waals surface area contributed by atoms with Gasteiger partial charge in [0.1, 0.15) is 5.82 Å². The van der Waals surface area contributed by atoms with Gasteiger partial charge in [0.2, 0.25) is 0 Å². The SMILES string of the molecule is c1ccc([C@@H](NC[C@H]2COC3(CCOCC3)O2)c2ncc[nH]2)cc1. The summed E-state index contributed by atoms with van der Waals surface area (Å²) >= 11 is 0. The second kappa shape index (κ2) is 7.03. The normalized spacial score (nSPS) is 24.2. The molecule has 6 nitrogen and oxygen atoms in total. The van der Waals surface area contributed by atoms with Crippen LogP contribution in [-0.4, -0.2) is 48.2 Å². The Bertz CT molecular complexity index is 626. The predicted molar refractivity (Wildman–Crippen MR) is 88.5 cm³/mol. The van der Waals surface area contributed by atoms with Gasteiger partial charge < -0.3 is 24.5 Å². The lowest BCUT2D eigenvalue weighted by molar-refractivity contribution is -0.210. The van der Waals surface area contributed by atoms with E-state index in [0.29, 0.717) is 26.4 Å². The first-order valence-corrected chi connectivity index (χ1v) is 8.52. The van der Waals surface area contributed by atoms with Crippen molar-refractivity contribution >= 4 is 0 Å². The number of hydrogen-bond acceptors (Lipinski definition) is 5. The number of imidazole rings is 1. The van der Waals surface area contributed by atoms with E-state index in [-0.39, 0.29) is 12.1 Å². The number of aromatic amines is 1. The van der Waals surface area contributed by atoms with Crippen LogP contribution in [-0.2, 0) is 14.2 Å². The van der Waals surface area contributed by atoms with Gasteiger partial charge in [-0.1, -0.05) is 30.3 Å². The highest BCUT2D eigenvalue weighted by molar-refractivity contribution is 5.24. The molecule has 4 rings (SSSR count). The first kappa shape index (κ1) is 15.8. The maximum Gasteiger partial charge on any atom is 0.173 e. The average molecular weight is 329 g/mol. The van der Waals surface area contributed by atoms with Crippen molar-refractivity contribution < 1.29 is 14.2 Å². The summed E-state index contributed by atoms with van der Waals surface area (Å²) < 4.78 is 17.6. The van der Waals surface area contributed by atoms with E-state index >= 15 is 0 Å². The molecule has 2 atom stereocenters. The Kier molecular flexibility index (Phi) is 4.62. The summed E-state index contributed by atoms with van der Waals surface area (Å²) in [6, 6.07) is 10.3. The van der Waals surface area contributed by atoms with Crippen LogP contribution in [0.2, 0.25) is 0 Å². The molecule has 2 fully saturated rings. The van der Waals surface area contributed by atoms with Crippen LogP contribution in [0, 0.1) is 0 Å². The maximum absolute atomic E-state index is 6.20. The highest BCUT2D eigenvalue weighted by atomic mass is 16.7. The molecule has 1 spiro atoms. The molecule has 0 saturated carbocycles. The van der Waals surface area contributed by atoms with Crippen LogP contribution in [0.4, 0.5) is 0 Å². The second-order valence-corrected chi connectivity index (χ2v) is 6.30. The third-order valence-electron chi connectivity index (χ3n) is 4.64. The van der Waals surface area contributed by atoms with E-state index in [1.807, 2.05) is 24.4 Å². The molecule has 2 aliphatic heterocycles. The molecular weight excluding hydrogens is 306 g/mol. The second-order valence-electron chi connectivity index (χ2n) is 6.30. The zero-order valence-corrected chi connectivity index (χ0v) is 13.6. The summed E-state index contributed by atoms with van der Waals surface area (Å²) in [5, 5.41) is 3.57. The van der Waals surface area contributed by atoms with Gasteiger partial charge in [-0.3, -0.25) is 0 Å². The van der Waals surface area contributed by atoms with Crippen molar-refractivity contribution in [3.05, 3.63) is 54.1 Å². The molecule has 3 heterocycles. The highest BCUT2D eigenvalue weighted by Crippen LogP contribution is 2.33. The van der Waals surface area contributed by atoms with Gasteiger partial charge in [-0.25, -0.2) is 4.98 Å². The molecule has 2 aliphatic rings. The molecule has 0 aliphatic carbocycles. The van der Waals surface area contributed by atoms with Gasteiger partial charge in [-0.2, -0.15) is 0 Å². The van der Waals surface area contributed by atoms with Gasteiger partial charge in [0.25, 0.3) is 0 Å². The van der Waals surface area contributed by atoms with E-state index in [9.17, 15) is 0 Å². The fourth-order valence-electron chi connectivity index (χ4n) is 3.36. The Labute approximate surface area is 141 Å². The van der Waals surface area contributed by atoms with Crippen LogP contribution < -0.4 is 5.32 Å². The van der Waals surface area contributed by atoms with E-state index in [4.69, 9.17) is 14.2 Å². The monoisotopic (exact) mass is 329 g/mol. The average Bonchev–Trinajstić information content (AvgIpc) is 3.28. The fraction of sp³-hybridized carbons (Fsp3) is 0.500. The Morgan fingerprint density at radius 2 is 2.08 bits per heavy atom. The molecule has 0 unspecified atom stereocenters. The van der Waals surface area contributed by atoms with Crippen LogP contribution in [0.3, 0.4) is 0 Å². The number of hydrogen-bond donors (Lipinski definition) is 2. The zero-order chi connectivity index (χ0) is 16.2. The molecule has 2 saturated heterocycles. The molecule has 1 aromatic carbocycles. The van der Waals surface area contributed by atoms with Crippen LogP contribution in [0.15, 0.2) is 42.7 Å². The van der Waals surface area contributed by atoms with Gasteiger partial charge in [0.15, 0.2) is 5.79 Å². The summed E-state index contributed by atoms with van der Waals surface area (Å²) in [6.07, 6.45) is 5.29. The molecule has 1 aromatic heterocycles. The van der Waals surface area contributed by atoms with Crippen molar-refractivity contribution in [2.75, 3.05) is 26.4 Å². The first-order valence-electron chi connectivity index (χ1n) is 8.52. The third-order valence-corrected chi connectivity index (χ3v) is 4.64. The molecule has 24 heavy (non-hydrogen) atoms. The molecule has 0 radical (unpaired) electrons. The number of nitrogens with zero attached hydrogens (tertiary/aromatic N) is 1. The zero-order valence-electron chi connectivity index (χ0n) is 13.6. The van der Waals surface area contributed by atoms with Crippen LogP contribution in [0.5, 0.6) is 0 Å². The molecule has 2 N–H and O–H groups in total. The molecule has 2 aromatic rings. The summed E-state index contributed by atoms with van der Waals surface area (Å²) in [6.45, 7) is 2.74. The van der Waals surface area contributed by atoms with Crippen molar-refractivity contribution in [3.63, 3.8) is 0 Å². The summed E-state index contributed by atoms with van der Waals surface area (Å²) in [7, 11) is 0. The van der Waals surface area contributed by atoms with E-state index < -0.39 is 5.79 Å². The minimum atomic E-state index is -0.433. The van der Waals surface area contributed by atoms with Crippen LogP contribution in [0.1, 0.15) is 30.3 Å². The van der Waals surface area contributed by atoms with Gasteiger partial charge in [0.05, 0.1) is 32.0 Å². The minimum absolute atomic E-state index is 0.0102. The smallest absolute Gasteiger partial charge is 0.173 e. The number of aromatic nitrogens is 2. The molecule has 0 bridgehead atoms. The molecule has 128 valence electrons. The van der Waals surface area contributed by atoms with Crippen molar-refractivity contribution in [2.24, 2.45) is 0 Å². The molecular formula is C18H23N3O3. The molecule has 6 heteroatoms. The van der Waals surface area contributed by atoms with Crippen molar-refractivity contribution in [1.29, 1.82) is 0 Å². The number of ether oxygens (including phenoxy) is 3. The van der Waals surface area contributed by atoms with E-state index in [1.165, 1.54) is 5.56 Å². The lowest BCUT2D eigenvalue weighted by Gasteiger charge is -2.31. The van der Waals surface area contributed by atoms with Gasteiger partial charge >= 0.3 is 0 Å². The maximum atomic E-state index is 6.20. The van der Waals surface area contributed by atoms with Crippen molar-refractivity contribution in [3.8, 4) is 0 Å². The number of benzene rings is 1. The standard InChI is InChI=1S/C18H23N3O3/c1-2-4-14(5-3-1)16(17-19-8-9-20-17)21-12-15-13-23-18(24-15)6-10-22-11-7-18/h1-5,8-9,15-16,21H,6-7,10-13H2,(H,19,20)/t15-,16+/m0/s1. The third kappa shape index (κ3) is 3.37. The summed E-state index contributed by atoms with van der Waals surface area (Å²) in [4.78, 5) is 7.62. The number of rotatable bonds is 5. The van der Waals surface area contributed by atoms with Gasteiger partial charge in [-0.05, 0) is 5.56 Å². The number of nitrogens with one attached hydrogen (secondary N) is 2. The molecule has 0 amide bonds. The van der Waals surface area contributed by atoms with Crippen LogP contribution in [0.25, 0.3) is 0 Å². The Balaban J connectivity index is 1.41. The fourth-order valence-corrected chi connectivity index (χ4v) is 3.36. The summed E-state index contributed by atoms with van der Waals surface area (Å²) in [5.74, 6) is 0.471. The quantitative estimate of drug-likeness (QED) is 0.878. The van der Waals surface area contributed by atoms with Crippen molar-refractivity contribution in [2.45, 2.75) is 30.8 Å². The van der Waals surface area contributed by atoms with Crippen molar-refractivity contribution in [1.82, 2.24) is 15.3 Å². The Hall–Kier alpha value is -1.73. The lowest BCUT2D eigenvalue weighted by Crippen LogP contribution is -2.39. The van der Waals surface area contributed by atoms with E-state index in [2.05, 4.69) is 27.4 Å². The van der Waals surface area contributed by atoms with E-state index in [0.717, 1.165) is 18.7 Å². The predicted octanol–water partition coefficient (Wildman–Crippen LogP) is 2.01. The first-order chi connectivity index (χ1) is 11.8. The van der Waals surface area contributed by atoms with Gasteiger partial charge in [0, 0.05) is 31.8 Å². The van der Waals surface area contributed by atoms with E-state index in [1.54, 1.807) is 6.20 Å². The Morgan fingerprint density at radius 1 is 1.25 bits per heavy atom. The topological polar surface area (TPSA) is 68.4 Å². The van der Waals surface area contributed by atoms with Gasteiger partial charge in [-0.15, -0.1) is 0 Å². The highest BCUT2D eigenvalue weighted by Gasteiger charge is 2.42. The largest absolute Gasteiger partial charge is 0.381 e. The Morgan fingerprint density at radius 3 is 2.83 bits per heavy atom. The summed E-state index contributed by atoms with van der Waals surface area (Å²) in [5.41, 5.74) is 1.17. The minimum Gasteiger partial charge on any atom is -0.381 e.